The fraction of sp³-hybridized carbons (Fsp3) is 0.694. The fourth-order valence-corrected chi connectivity index (χ4v) is 7.37. The topological polar surface area (TPSA) is 141 Å². The number of carbonyl (C=O) groups is 3. The molecule has 0 radical (unpaired) electrons. The van der Waals surface area contributed by atoms with Crippen LogP contribution in [-0.4, -0.2) is 101 Å². The summed E-state index contributed by atoms with van der Waals surface area (Å²) in [5.74, 6) is 1.25. The Balaban J connectivity index is 1.29. The van der Waals surface area contributed by atoms with E-state index in [9.17, 15) is 14.4 Å². The van der Waals surface area contributed by atoms with Crippen molar-refractivity contribution in [3.05, 3.63) is 18.5 Å². The largest absolute Gasteiger partial charge is 0.494 e. The van der Waals surface area contributed by atoms with Crippen molar-refractivity contribution in [3.63, 3.8) is 0 Å². The highest BCUT2D eigenvalue weighted by molar-refractivity contribution is 6.03. The molecule has 1 aromatic heterocycles. The second-order valence-corrected chi connectivity index (χ2v) is 15.2. The number of nitrogens with zero attached hydrogens (tertiary/aromatic N) is 4. The third kappa shape index (κ3) is 8.19. The molecule has 12 heteroatoms. The Bertz CT molecular complexity index is 1450. The molecule has 5 rings (SSSR count). The number of carbonyl (C=O) groups excluding carboxylic acids is 3. The highest BCUT2D eigenvalue weighted by atomic mass is 16.5. The maximum atomic E-state index is 13.9. The number of ether oxygens (including phenoxy) is 1. The molecule has 0 bridgehead atoms. The predicted octanol–water partition coefficient (Wildman–Crippen LogP) is 4.16. The Morgan fingerprint density at radius 2 is 1.69 bits per heavy atom. The van der Waals surface area contributed by atoms with Crippen LogP contribution in [0.5, 0.6) is 5.75 Å². The monoisotopic (exact) mass is 664 g/mol. The number of benzene rings is 1. The number of piperidine rings is 1. The second-order valence-electron chi connectivity index (χ2n) is 15.2. The van der Waals surface area contributed by atoms with E-state index in [2.05, 4.69) is 43.1 Å². The Labute approximate surface area is 285 Å². The third-order valence-corrected chi connectivity index (χ3v) is 10.7. The molecule has 3 fully saturated rings. The summed E-state index contributed by atoms with van der Waals surface area (Å²) < 4.78 is 5.68. The number of hydrogen-bond donors (Lipinski definition) is 4. The summed E-state index contributed by atoms with van der Waals surface area (Å²) in [5, 5.41) is 13.4. The molecule has 3 atom stereocenters. The van der Waals surface area contributed by atoms with Crippen LogP contribution in [0.2, 0.25) is 0 Å². The molecule has 1 aromatic carbocycles. The first kappa shape index (κ1) is 35.8. The summed E-state index contributed by atoms with van der Waals surface area (Å²) >= 11 is 0. The number of likely N-dealkylation sites (tertiary alicyclic amines) is 2. The van der Waals surface area contributed by atoms with Gasteiger partial charge in [-0.15, -0.1) is 0 Å². The lowest BCUT2D eigenvalue weighted by Crippen LogP contribution is -2.59. The lowest BCUT2D eigenvalue weighted by atomic mass is 9.85. The number of rotatable bonds is 10. The number of fused-ring (bicyclic) bond motifs is 1. The van der Waals surface area contributed by atoms with E-state index in [0.717, 1.165) is 35.5 Å². The van der Waals surface area contributed by atoms with Crippen LogP contribution in [0.1, 0.15) is 86.0 Å². The van der Waals surface area contributed by atoms with Crippen LogP contribution >= 0.6 is 0 Å². The number of aromatic nitrogens is 2. The van der Waals surface area contributed by atoms with Crippen LogP contribution in [-0.2, 0) is 14.4 Å². The van der Waals surface area contributed by atoms with Crippen molar-refractivity contribution in [2.24, 2.45) is 11.3 Å². The molecule has 1 saturated carbocycles. The van der Waals surface area contributed by atoms with Crippen LogP contribution in [0.15, 0.2) is 18.5 Å². The molecule has 3 heterocycles. The minimum absolute atomic E-state index is 0.258. The van der Waals surface area contributed by atoms with Gasteiger partial charge in [0.05, 0.1) is 24.4 Å². The number of nitrogens with one attached hydrogen (secondary N) is 4. The molecule has 3 amide bonds. The average Bonchev–Trinajstić information content (AvgIpc) is 3.57. The van der Waals surface area contributed by atoms with Crippen molar-refractivity contribution in [2.45, 2.75) is 116 Å². The van der Waals surface area contributed by atoms with Gasteiger partial charge in [0, 0.05) is 30.1 Å². The van der Waals surface area contributed by atoms with Crippen LogP contribution in [0.4, 0.5) is 11.5 Å². The summed E-state index contributed by atoms with van der Waals surface area (Å²) in [6.45, 7) is 12.7. The van der Waals surface area contributed by atoms with Gasteiger partial charge in [-0.25, -0.2) is 9.97 Å². The van der Waals surface area contributed by atoms with Crippen molar-refractivity contribution < 1.29 is 19.1 Å². The lowest BCUT2D eigenvalue weighted by molar-refractivity contribution is -0.143. The molecule has 1 unspecified atom stereocenters. The number of methoxy groups -OCH3 is 1. The van der Waals surface area contributed by atoms with E-state index in [-0.39, 0.29) is 17.7 Å². The van der Waals surface area contributed by atoms with E-state index in [0.29, 0.717) is 42.9 Å². The molecular formula is C36H56N8O4. The fourth-order valence-electron chi connectivity index (χ4n) is 7.37. The van der Waals surface area contributed by atoms with Crippen molar-refractivity contribution in [3.8, 4) is 5.75 Å². The summed E-state index contributed by atoms with van der Waals surface area (Å²) in [4.78, 5) is 54.0. The Kier molecular flexibility index (Phi) is 11.5. The number of hydrogen-bond acceptors (Lipinski definition) is 9. The molecule has 4 N–H and O–H groups in total. The van der Waals surface area contributed by atoms with E-state index in [1.807, 2.05) is 32.9 Å². The minimum Gasteiger partial charge on any atom is -0.494 e. The van der Waals surface area contributed by atoms with Gasteiger partial charge in [0.2, 0.25) is 17.7 Å². The molecule has 264 valence electrons. The molecule has 2 saturated heterocycles. The maximum Gasteiger partial charge on any atom is 0.247 e. The third-order valence-electron chi connectivity index (χ3n) is 10.7. The zero-order chi connectivity index (χ0) is 34.6. The summed E-state index contributed by atoms with van der Waals surface area (Å²) in [6.07, 6.45) is 9.90. The highest BCUT2D eigenvalue weighted by Gasteiger charge is 2.42. The van der Waals surface area contributed by atoms with Gasteiger partial charge in [-0.2, -0.15) is 0 Å². The molecule has 1 aliphatic carbocycles. The van der Waals surface area contributed by atoms with Crippen molar-refractivity contribution >= 4 is 40.1 Å². The summed E-state index contributed by atoms with van der Waals surface area (Å²) in [7, 11) is 3.26. The van der Waals surface area contributed by atoms with Crippen LogP contribution < -0.4 is 26.0 Å². The number of likely N-dealkylation sites (N-methyl/N-ethyl adjacent to an activating group) is 1. The van der Waals surface area contributed by atoms with Crippen molar-refractivity contribution in [2.75, 3.05) is 44.4 Å². The average molecular weight is 665 g/mol. The lowest BCUT2D eigenvalue weighted by Gasteiger charge is -2.40. The smallest absolute Gasteiger partial charge is 0.247 e. The molecule has 12 nitrogen and oxygen atoms in total. The first-order chi connectivity index (χ1) is 22.9. The van der Waals surface area contributed by atoms with Crippen LogP contribution in [0.3, 0.4) is 0 Å². The normalized spacial score (nSPS) is 23.8. The van der Waals surface area contributed by atoms with E-state index in [1.165, 1.54) is 38.8 Å². The Morgan fingerprint density at radius 3 is 2.33 bits per heavy atom. The minimum atomic E-state index is -0.784. The Morgan fingerprint density at radius 1 is 0.979 bits per heavy atom. The van der Waals surface area contributed by atoms with Gasteiger partial charge in [0.25, 0.3) is 0 Å². The molecule has 3 aliphatic rings. The SMILES string of the molecule is CN[C@@H](C)C(=O)N[C@H](C(=O)N1CCCC1C(=O)Nc1cc2c(NC3CCC(N4CCC(C)CC4)CC3)ncnc2cc1OC)C(C)(C)C. The molecule has 2 aromatic rings. The highest BCUT2D eigenvalue weighted by Crippen LogP contribution is 2.35. The van der Waals surface area contributed by atoms with Gasteiger partial charge in [0.15, 0.2) is 0 Å². The zero-order valence-electron chi connectivity index (χ0n) is 29.9. The number of amides is 3. The predicted molar refractivity (Wildman–Crippen MR) is 189 cm³/mol. The summed E-state index contributed by atoms with van der Waals surface area (Å²) in [5.41, 5.74) is 0.662. The number of anilines is 2. The van der Waals surface area contributed by atoms with Gasteiger partial charge in [-0.05, 0) is 95.8 Å². The molecule has 0 spiro atoms. The summed E-state index contributed by atoms with van der Waals surface area (Å²) in [6, 6.07) is 2.75. The van der Waals surface area contributed by atoms with Gasteiger partial charge in [-0.1, -0.05) is 27.7 Å². The van der Waals surface area contributed by atoms with Crippen molar-refractivity contribution in [1.82, 2.24) is 30.4 Å². The maximum absolute atomic E-state index is 13.9. The van der Waals surface area contributed by atoms with E-state index >= 15 is 0 Å². The van der Waals surface area contributed by atoms with Gasteiger partial charge in [-0.3, -0.25) is 14.4 Å². The molecule has 48 heavy (non-hydrogen) atoms. The van der Waals surface area contributed by atoms with Crippen molar-refractivity contribution in [1.29, 1.82) is 0 Å². The van der Waals surface area contributed by atoms with Gasteiger partial charge < -0.3 is 35.8 Å². The van der Waals surface area contributed by atoms with E-state index < -0.39 is 23.5 Å². The Hall–Kier alpha value is -3.51. The first-order valence-electron chi connectivity index (χ1n) is 17.8. The van der Waals surface area contributed by atoms with Crippen LogP contribution in [0, 0.1) is 11.3 Å². The second kappa shape index (κ2) is 15.4. The van der Waals surface area contributed by atoms with E-state index in [4.69, 9.17) is 4.74 Å². The van der Waals surface area contributed by atoms with Crippen LogP contribution in [0.25, 0.3) is 10.9 Å². The zero-order valence-corrected chi connectivity index (χ0v) is 29.9. The first-order valence-corrected chi connectivity index (χ1v) is 17.8. The quantitative estimate of drug-likeness (QED) is 0.295. The van der Waals surface area contributed by atoms with Gasteiger partial charge in [0.1, 0.15) is 30.0 Å². The molecule has 2 aliphatic heterocycles. The van der Waals surface area contributed by atoms with Gasteiger partial charge >= 0.3 is 0 Å². The molecular weight excluding hydrogens is 608 g/mol. The van der Waals surface area contributed by atoms with E-state index in [1.54, 1.807) is 32.3 Å². The standard InChI is InChI=1S/C36H56N8O4/c1-22-14-17-43(18-15-22)25-12-10-24(11-13-25)40-32-26-19-28(30(48-7)20-27(26)38-21-39-32)41-34(46)29-9-8-16-44(29)35(47)31(36(3,4)5)42-33(45)23(2)37-6/h19-25,29,31,37H,8-18H2,1-7H3,(H,41,46)(H,42,45)(H,38,39,40)/t23-,24?,25?,29?,31+/m0/s1.